The van der Waals surface area contributed by atoms with Crippen LogP contribution in [-0.2, 0) is 29.1 Å². The summed E-state index contributed by atoms with van der Waals surface area (Å²) < 4.78 is 13.0. The van der Waals surface area contributed by atoms with E-state index in [1.807, 2.05) is 12.1 Å². The highest BCUT2D eigenvalue weighted by Crippen LogP contribution is 2.49. The third kappa shape index (κ3) is 10.3. The molecule has 0 aliphatic heterocycles. The number of benzene rings is 3. The number of ether oxygens (including phenoxy) is 2. The lowest BCUT2D eigenvalue weighted by Gasteiger charge is -2.31. The van der Waals surface area contributed by atoms with Crippen molar-refractivity contribution in [1.29, 1.82) is 0 Å². The number of rotatable bonds is 14. The van der Waals surface area contributed by atoms with Crippen molar-refractivity contribution in [3.63, 3.8) is 0 Å². The first kappa shape index (κ1) is 33.3. The van der Waals surface area contributed by atoms with Crippen molar-refractivity contribution in [3.05, 3.63) is 130 Å². The van der Waals surface area contributed by atoms with Gasteiger partial charge in [-0.15, -0.1) is 0 Å². The third-order valence-electron chi connectivity index (χ3n) is 8.17. The topological polar surface area (TPSA) is 38.7 Å². The smallest absolute Gasteiger partial charge is 0.0761 e. The molecule has 1 atom stereocenters. The Kier molecular flexibility index (Phi) is 11.6. The Balaban J connectivity index is 1.67. The van der Waals surface area contributed by atoms with Gasteiger partial charge in [-0.05, 0) is 47.9 Å². The van der Waals surface area contributed by atoms with Crippen molar-refractivity contribution >= 4 is 16.1 Å². The second kappa shape index (κ2) is 15.0. The number of hydrogen-bond acceptors (Lipinski definition) is 3. The molecule has 3 aromatic carbocycles. The van der Waals surface area contributed by atoms with Gasteiger partial charge >= 0.3 is 0 Å². The third-order valence-corrected chi connectivity index (χ3v) is 11.6. The predicted octanol–water partition coefficient (Wildman–Crippen LogP) is 9.17. The number of aryl methyl sites for hydroxylation is 1. The van der Waals surface area contributed by atoms with Crippen molar-refractivity contribution in [2.24, 2.45) is 5.41 Å². The maximum Gasteiger partial charge on any atom is 0.0761 e. The van der Waals surface area contributed by atoms with Gasteiger partial charge < -0.3 is 14.6 Å². The quantitative estimate of drug-likeness (QED) is 0.185. The van der Waals surface area contributed by atoms with Gasteiger partial charge in [0.05, 0.1) is 48.7 Å². The summed E-state index contributed by atoms with van der Waals surface area (Å²) in [6.07, 6.45) is 2.99. The monoisotopic (exact) mass is 612 g/mol. The van der Waals surface area contributed by atoms with E-state index in [2.05, 4.69) is 124 Å². The number of allylic oxidation sites excluding steroid dienone is 2. The predicted molar refractivity (Wildman–Crippen MR) is 186 cm³/mol. The number of aliphatic hydroxyl groups excluding tert-OH is 1. The second-order valence-electron chi connectivity index (χ2n) is 14.5. The van der Waals surface area contributed by atoms with E-state index < -0.39 is 22.3 Å². The fraction of sp³-hybridized carbons (Fsp3) is 0.421. The van der Waals surface area contributed by atoms with Gasteiger partial charge in [0.25, 0.3) is 0 Å². The summed E-state index contributed by atoms with van der Waals surface area (Å²) in [6, 6.07) is 31.4. The van der Waals surface area contributed by atoms with Crippen LogP contribution in [0.1, 0.15) is 36.0 Å². The summed E-state index contributed by atoms with van der Waals surface area (Å²) in [6.45, 7) is 16.9. The Hall–Kier alpha value is -2.55. The second-order valence-corrected chi connectivity index (χ2v) is 24.6. The largest absolute Gasteiger partial charge is 0.389 e. The van der Waals surface area contributed by atoms with Gasteiger partial charge in [-0.25, -0.2) is 0 Å². The highest BCUT2D eigenvalue weighted by atomic mass is 28.3. The maximum atomic E-state index is 11.9. The molecule has 1 saturated carbocycles. The van der Waals surface area contributed by atoms with E-state index in [1.165, 1.54) is 33.0 Å². The standard InChI is InChI=1S/C38H52O3Si2/c1-42(2,3)28-34-24-38(29-40-26-32-18-12-8-13-19-32,30-41-27-33-20-14-9-15-21-33)25-35(34)37(43(4,5)6)36(39)23-22-31-16-10-7-11-17-31/h7-21,28,36,39H,22-27,29-30H2,1-6H3/b34-28+,37-35+. The molecule has 43 heavy (non-hydrogen) atoms. The van der Waals surface area contributed by atoms with Crippen LogP contribution in [0.4, 0.5) is 0 Å². The van der Waals surface area contributed by atoms with Crippen molar-refractivity contribution in [3.8, 4) is 0 Å². The molecule has 230 valence electrons. The summed E-state index contributed by atoms with van der Waals surface area (Å²) in [5, 5.41) is 13.2. The molecular formula is C38H52O3Si2. The first-order valence-corrected chi connectivity index (χ1v) is 22.9. The molecule has 1 N–H and O–H groups in total. The molecule has 3 aromatic rings. The fourth-order valence-electron chi connectivity index (χ4n) is 6.40. The van der Waals surface area contributed by atoms with E-state index in [0.29, 0.717) is 26.4 Å². The first-order valence-electron chi connectivity index (χ1n) is 15.9. The molecule has 3 nitrogen and oxygen atoms in total. The molecule has 0 bridgehead atoms. The molecule has 0 aromatic heterocycles. The van der Waals surface area contributed by atoms with E-state index in [4.69, 9.17) is 9.47 Å². The Morgan fingerprint density at radius 2 is 1.19 bits per heavy atom. The average Bonchev–Trinajstić information content (AvgIpc) is 3.28. The molecule has 1 fully saturated rings. The highest BCUT2D eigenvalue weighted by molar-refractivity contribution is 6.83. The summed E-state index contributed by atoms with van der Waals surface area (Å²) in [4.78, 5) is 0. The lowest BCUT2D eigenvalue weighted by atomic mass is 9.87. The van der Waals surface area contributed by atoms with Crippen molar-refractivity contribution in [1.82, 2.24) is 0 Å². The lowest BCUT2D eigenvalue weighted by molar-refractivity contribution is -0.0263. The zero-order valence-corrected chi connectivity index (χ0v) is 29.2. The molecule has 4 rings (SSSR count). The molecule has 1 aliphatic carbocycles. The van der Waals surface area contributed by atoms with Gasteiger partial charge in [0.2, 0.25) is 0 Å². The Labute approximate surface area is 262 Å². The van der Waals surface area contributed by atoms with Crippen LogP contribution in [0.15, 0.2) is 113 Å². The van der Waals surface area contributed by atoms with Crippen LogP contribution in [0.2, 0.25) is 39.3 Å². The van der Waals surface area contributed by atoms with E-state index in [0.717, 1.165) is 25.7 Å². The van der Waals surface area contributed by atoms with Gasteiger partial charge in [-0.2, -0.15) is 0 Å². The van der Waals surface area contributed by atoms with E-state index in [9.17, 15) is 5.11 Å². The van der Waals surface area contributed by atoms with Crippen LogP contribution in [0, 0.1) is 5.41 Å². The van der Waals surface area contributed by atoms with E-state index >= 15 is 0 Å². The Morgan fingerprint density at radius 1 is 0.721 bits per heavy atom. The summed E-state index contributed by atoms with van der Waals surface area (Å²) in [5.74, 6) is 0. The minimum atomic E-state index is -1.88. The molecular weight excluding hydrogens is 561 g/mol. The zero-order valence-electron chi connectivity index (χ0n) is 27.2. The molecule has 1 unspecified atom stereocenters. The van der Waals surface area contributed by atoms with Crippen LogP contribution in [-0.4, -0.2) is 40.6 Å². The van der Waals surface area contributed by atoms with Gasteiger partial charge in [-0.1, -0.05) is 147 Å². The van der Waals surface area contributed by atoms with Crippen molar-refractivity contribution in [2.45, 2.75) is 84.3 Å². The van der Waals surface area contributed by atoms with Gasteiger partial charge in [0.15, 0.2) is 0 Å². The van der Waals surface area contributed by atoms with E-state index in [1.54, 1.807) is 0 Å². The zero-order chi connectivity index (χ0) is 30.9. The minimum absolute atomic E-state index is 0.172. The average molecular weight is 613 g/mol. The van der Waals surface area contributed by atoms with Gasteiger partial charge in [0.1, 0.15) is 0 Å². The number of aliphatic hydroxyl groups is 1. The molecule has 0 spiro atoms. The van der Waals surface area contributed by atoms with Gasteiger partial charge in [-0.3, -0.25) is 0 Å². The maximum absolute atomic E-state index is 11.9. The molecule has 1 aliphatic rings. The SMILES string of the molecule is C[Si](C)(C)/C=C1\CC(COCc2ccccc2)(COCc2ccccc2)C\C1=C(\C(O)CCc1ccccc1)[Si](C)(C)C. The van der Waals surface area contributed by atoms with E-state index in [-0.39, 0.29) is 5.41 Å². The molecule has 0 saturated heterocycles. The van der Waals surface area contributed by atoms with Crippen LogP contribution in [0.3, 0.4) is 0 Å². The van der Waals surface area contributed by atoms with Crippen molar-refractivity contribution < 1.29 is 14.6 Å². The van der Waals surface area contributed by atoms with Crippen LogP contribution in [0.25, 0.3) is 0 Å². The summed E-state index contributed by atoms with van der Waals surface area (Å²) >= 11 is 0. The summed E-state index contributed by atoms with van der Waals surface area (Å²) in [5.41, 5.74) is 8.90. The van der Waals surface area contributed by atoms with Crippen LogP contribution >= 0.6 is 0 Å². The normalized spacial score (nSPS) is 18.2. The molecule has 0 heterocycles. The lowest BCUT2D eigenvalue weighted by Crippen LogP contribution is -2.35. The highest BCUT2D eigenvalue weighted by Gasteiger charge is 2.44. The summed E-state index contributed by atoms with van der Waals surface area (Å²) in [7, 11) is -3.43. The van der Waals surface area contributed by atoms with Crippen LogP contribution < -0.4 is 0 Å². The van der Waals surface area contributed by atoms with Crippen LogP contribution in [0.5, 0.6) is 0 Å². The fourth-order valence-corrected chi connectivity index (χ4v) is 10.0. The molecule has 0 amide bonds. The molecule has 0 radical (unpaired) electrons. The minimum Gasteiger partial charge on any atom is -0.389 e. The van der Waals surface area contributed by atoms with Gasteiger partial charge in [0, 0.05) is 5.41 Å². The Morgan fingerprint density at radius 3 is 1.63 bits per heavy atom. The number of hydrogen-bond donors (Lipinski definition) is 1. The van der Waals surface area contributed by atoms with Crippen molar-refractivity contribution in [2.75, 3.05) is 13.2 Å². The molecule has 5 heteroatoms. The Bertz CT molecular complexity index is 1290. The first-order chi connectivity index (χ1) is 20.4.